The topological polar surface area (TPSA) is 29.5 Å². The summed E-state index contributed by atoms with van der Waals surface area (Å²) in [6, 6.07) is 5.34. The number of ether oxygens (including phenoxy) is 1. The van der Waals surface area contributed by atoms with Gasteiger partial charge in [0.2, 0.25) is 0 Å². The molecule has 0 heterocycles. The molecule has 0 aliphatic heterocycles. The van der Waals surface area contributed by atoms with Gasteiger partial charge in [-0.15, -0.1) is 0 Å². The van der Waals surface area contributed by atoms with Crippen molar-refractivity contribution >= 4 is 5.57 Å². The fourth-order valence-electron chi connectivity index (χ4n) is 1.66. The highest BCUT2D eigenvalue weighted by molar-refractivity contribution is 5.69. The third-order valence-electron chi connectivity index (χ3n) is 2.67. The zero-order valence-electron chi connectivity index (χ0n) is 10.1. The summed E-state index contributed by atoms with van der Waals surface area (Å²) >= 11 is 0. The first kappa shape index (κ1) is 12.6. The van der Waals surface area contributed by atoms with E-state index in [-0.39, 0.29) is 5.75 Å². The Bertz CT molecular complexity index is 356. The van der Waals surface area contributed by atoms with Crippen molar-refractivity contribution in [3.8, 4) is 11.5 Å². The monoisotopic (exact) mass is 220 g/mol. The minimum atomic E-state index is 0.251. The fourth-order valence-corrected chi connectivity index (χ4v) is 1.66. The van der Waals surface area contributed by atoms with Crippen LogP contribution in [0.15, 0.2) is 24.8 Å². The normalized spacial score (nSPS) is 10.1. The Morgan fingerprint density at radius 1 is 1.38 bits per heavy atom. The molecule has 0 aromatic heterocycles. The number of aromatic hydroxyl groups is 1. The predicted octanol–water partition coefficient (Wildman–Crippen LogP) is 3.99. The van der Waals surface area contributed by atoms with E-state index in [2.05, 4.69) is 13.5 Å². The molecule has 2 nitrogen and oxygen atoms in total. The third kappa shape index (κ3) is 3.30. The molecule has 0 aliphatic carbocycles. The fraction of sp³-hybridized carbons (Fsp3) is 0.429. The summed E-state index contributed by atoms with van der Waals surface area (Å²) in [6.07, 6.45) is 4.46. The summed E-state index contributed by atoms with van der Waals surface area (Å²) in [7, 11) is 1.59. The van der Waals surface area contributed by atoms with E-state index in [1.165, 1.54) is 12.8 Å². The van der Waals surface area contributed by atoms with Gasteiger partial charge in [0, 0.05) is 11.6 Å². The average Bonchev–Trinajstić information content (AvgIpc) is 2.29. The molecule has 1 aromatic carbocycles. The molecule has 0 saturated carbocycles. The first-order valence-corrected chi connectivity index (χ1v) is 5.74. The minimum absolute atomic E-state index is 0.251. The lowest BCUT2D eigenvalue weighted by Crippen LogP contribution is -1.88. The van der Waals surface area contributed by atoms with Crippen molar-refractivity contribution in [2.24, 2.45) is 0 Å². The summed E-state index contributed by atoms with van der Waals surface area (Å²) in [5.41, 5.74) is 1.82. The van der Waals surface area contributed by atoms with Crippen LogP contribution < -0.4 is 4.74 Å². The zero-order valence-corrected chi connectivity index (χ0v) is 10.1. The summed E-state index contributed by atoms with van der Waals surface area (Å²) in [5.74, 6) is 0.920. The summed E-state index contributed by atoms with van der Waals surface area (Å²) < 4.78 is 5.04. The van der Waals surface area contributed by atoms with E-state index in [4.69, 9.17) is 4.74 Å². The number of rotatable bonds is 6. The van der Waals surface area contributed by atoms with Crippen LogP contribution in [0.1, 0.15) is 38.2 Å². The second-order valence-electron chi connectivity index (χ2n) is 3.94. The van der Waals surface area contributed by atoms with Crippen molar-refractivity contribution in [1.29, 1.82) is 0 Å². The van der Waals surface area contributed by atoms with Crippen LogP contribution in [0, 0.1) is 0 Å². The van der Waals surface area contributed by atoms with Gasteiger partial charge in [-0.25, -0.2) is 0 Å². The largest absolute Gasteiger partial charge is 0.507 e. The van der Waals surface area contributed by atoms with Gasteiger partial charge < -0.3 is 9.84 Å². The van der Waals surface area contributed by atoms with E-state index in [0.29, 0.717) is 5.75 Å². The quantitative estimate of drug-likeness (QED) is 0.734. The van der Waals surface area contributed by atoms with Crippen molar-refractivity contribution in [1.82, 2.24) is 0 Å². The molecule has 0 aliphatic rings. The predicted molar refractivity (Wildman–Crippen MR) is 67.8 cm³/mol. The Kier molecular flexibility index (Phi) is 4.90. The maximum Gasteiger partial charge on any atom is 0.126 e. The molecule has 0 unspecified atom stereocenters. The number of benzene rings is 1. The highest BCUT2D eigenvalue weighted by atomic mass is 16.5. The van der Waals surface area contributed by atoms with E-state index >= 15 is 0 Å². The van der Waals surface area contributed by atoms with Crippen LogP contribution in [0.3, 0.4) is 0 Å². The second kappa shape index (κ2) is 6.21. The number of phenols is 1. The Morgan fingerprint density at radius 3 is 2.69 bits per heavy atom. The molecule has 0 radical (unpaired) electrons. The Balaban J connectivity index is 2.68. The number of allylic oxidation sites excluding steroid dienone is 1. The summed E-state index contributed by atoms with van der Waals surface area (Å²) in [6.45, 7) is 6.19. The lowest BCUT2D eigenvalue weighted by atomic mass is 10.0. The number of methoxy groups -OCH3 is 1. The second-order valence-corrected chi connectivity index (χ2v) is 3.94. The molecule has 16 heavy (non-hydrogen) atoms. The molecule has 1 aromatic rings. The molecule has 1 rings (SSSR count). The Labute approximate surface area is 97.6 Å². The smallest absolute Gasteiger partial charge is 0.126 e. The molecule has 0 bridgehead atoms. The summed E-state index contributed by atoms with van der Waals surface area (Å²) in [4.78, 5) is 0. The van der Waals surface area contributed by atoms with Gasteiger partial charge in [-0.05, 0) is 30.5 Å². The standard InChI is InChI=1S/C14H20O2/c1-4-5-6-7-11(2)13-9-8-12(16-3)10-14(13)15/h8-10,15H,2,4-7H2,1,3H3. The number of hydrogen-bond donors (Lipinski definition) is 1. The van der Waals surface area contributed by atoms with Crippen LogP contribution in [-0.4, -0.2) is 12.2 Å². The molecule has 0 saturated heterocycles. The van der Waals surface area contributed by atoms with Gasteiger partial charge in [-0.1, -0.05) is 26.3 Å². The lowest BCUT2D eigenvalue weighted by Gasteiger charge is -2.09. The third-order valence-corrected chi connectivity index (χ3v) is 2.67. The Hall–Kier alpha value is -1.44. The first-order chi connectivity index (χ1) is 7.69. The van der Waals surface area contributed by atoms with Crippen molar-refractivity contribution in [3.05, 3.63) is 30.3 Å². The number of hydrogen-bond acceptors (Lipinski definition) is 2. The van der Waals surface area contributed by atoms with Gasteiger partial charge in [0.15, 0.2) is 0 Å². The van der Waals surface area contributed by atoms with E-state index in [1.54, 1.807) is 13.2 Å². The van der Waals surface area contributed by atoms with Gasteiger partial charge in [-0.3, -0.25) is 0 Å². The maximum atomic E-state index is 9.81. The SMILES string of the molecule is C=C(CCCCC)c1ccc(OC)cc1O. The van der Waals surface area contributed by atoms with Crippen LogP contribution in [0.4, 0.5) is 0 Å². The molecular formula is C14H20O2. The van der Waals surface area contributed by atoms with Gasteiger partial charge >= 0.3 is 0 Å². The van der Waals surface area contributed by atoms with E-state index in [1.807, 2.05) is 12.1 Å². The summed E-state index contributed by atoms with van der Waals surface area (Å²) in [5, 5.41) is 9.81. The molecule has 2 heteroatoms. The van der Waals surface area contributed by atoms with Gasteiger partial charge in [-0.2, -0.15) is 0 Å². The van der Waals surface area contributed by atoms with E-state index < -0.39 is 0 Å². The van der Waals surface area contributed by atoms with Crippen LogP contribution >= 0.6 is 0 Å². The zero-order chi connectivity index (χ0) is 12.0. The highest BCUT2D eigenvalue weighted by Crippen LogP contribution is 2.30. The molecule has 88 valence electrons. The molecule has 1 N–H and O–H groups in total. The van der Waals surface area contributed by atoms with Gasteiger partial charge in [0.1, 0.15) is 11.5 Å². The van der Waals surface area contributed by atoms with Crippen molar-refractivity contribution in [3.63, 3.8) is 0 Å². The molecular weight excluding hydrogens is 200 g/mol. The molecule has 0 atom stereocenters. The minimum Gasteiger partial charge on any atom is -0.507 e. The highest BCUT2D eigenvalue weighted by Gasteiger charge is 2.06. The molecule has 0 spiro atoms. The number of phenolic OH excluding ortho intramolecular Hbond substituents is 1. The van der Waals surface area contributed by atoms with Gasteiger partial charge in [0.25, 0.3) is 0 Å². The van der Waals surface area contributed by atoms with Crippen LogP contribution in [-0.2, 0) is 0 Å². The Morgan fingerprint density at radius 2 is 2.12 bits per heavy atom. The lowest BCUT2D eigenvalue weighted by molar-refractivity contribution is 0.407. The molecule has 0 fully saturated rings. The van der Waals surface area contributed by atoms with E-state index in [0.717, 1.165) is 24.0 Å². The van der Waals surface area contributed by atoms with Crippen LogP contribution in [0.2, 0.25) is 0 Å². The van der Waals surface area contributed by atoms with Crippen molar-refractivity contribution < 1.29 is 9.84 Å². The van der Waals surface area contributed by atoms with Crippen LogP contribution in [0.25, 0.3) is 5.57 Å². The first-order valence-electron chi connectivity index (χ1n) is 5.74. The number of unbranched alkanes of at least 4 members (excludes halogenated alkanes) is 2. The van der Waals surface area contributed by atoms with Crippen LogP contribution in [0.5, 0.6) is 11.5 Å². The van der Waals surface area contributed by atoms with E-state index in [9.17, 15) is 5.11 Å². The van der Waals surface area contributed by atoms with Crippen molar-refractivity contribution in [2.75, 3.05) is 7.11 Å². The average molecular weight is 220 g/mol. The van der Waals surface area contributed by atoms with Crippen molar-refractivity contribution in [2.45, 2.75) is 32.6 Å². The molecule has 0 amide bonds. The maximum absolute atomic E-state index is 9.81. The van der Waals surface area contributed by atoms with Gasteiger partial charge in [0.05, 0.1) is 7.11 Å².